The van der Waals surface area contributed by atoms with Gasteiger partial charge in [0.1, 0.15) is 0 Å². The fourth-order valence-electron chi connectivity index (χ4n) is 2.40. The summed E-state index contributed by atoms with van der Waals surface area (Å²) in [5.41, 5.74) is 6.79. The maximum absolute atomic E-state index is 12.5. The van der Waals surface area contributed by atoms with E-state index in [1.54, 1.807) is 6.92 Å². The molecule has 0 atom stereocenters. The number of hydrogen-bond acceptors (Lipinski definition) is 4. The largest absolute Gasteiger partial charge is 0.451 e. The lowest BCUT2D eigenvalue weighted by Gasteiger charge is -2.31. The van der Waals surface area contributed by atoms with E-state index in [2.05, 4.69) is 14.9 Å². The Bertz CT molecular complexity index is 463. The Morgan fingerprint density at radius 1 is 1.27 bits per heavy atom. The van der Waals surface area contributed by atoms with Crippen molar-refractivity contribution in [1.82, 2.24) is 14.9 Å². The van der Waals surface area contributed by atoms with Gasteiger partial charge in [-0.15, -0.1) is 24.8 Å². The van der Waals surface area contributed by atoms with E-state index in [4.69, 9.17) is 5.73 Å². The van der Waals surface area contributed by atoms with Crippen molar-refractivity contribution in [2.45, 2.75) is 32.5 Å². The van der Waals surface area contributed by atoms with Crippen LogP contribution in [0.2, 0.25) is 0 Å². The van der Waals surface area contributed by atoms with Gasteiger partial charge < -0.3 is 5.73 Å². The van der Waals surface area contributed by atoms with Gasteiger partial charge in [0.15, 0.2) is 0 Å². The highest BCUT2D eigenvalue weighted by Gasteiger charge is 2.34. The second-order valence-corrected chi connectivity index (χ2v) is 5.26. The molecule has 2 rings (SSSR count). The SMILES string of the molecule is Cc1nc(C(F)(F)F)ncc1CN1CCC(CN)CC1.Cl.Cl. The van der Waals surface area contributed by atoms with Crippen LogP contribution in [0.25, 0.3) is 0 Å². The van der Waals surface area contributed by atoms with Crippen LogP contribution >= 0.6 is 24.8 Å². The van der Waals surface area contributed by atoms with Crippen molar-refractivity contribution in [3.8, 4) is 0 Å². The molecule has 0 bridgehead atoms. The lowest BCUT2D eigenvalue weighted by atomic mass is 9.97. The fourth-order valence-corrected chi connectivity index (χ4v) is 2.40. The minimum Gasteiger partial charge on any atom is -0.330 e. The third-order valence-electron chi connectivity index (χ3n) is 3.77. The molecule has 128 valence electrons. The highest BCUT2D eigenvalue weighted by molar-refractivity contribution is 5.85. The van der Waals surface area contributed by atoms with Crippen LogP contribution in [0.3, 0.4) is 0 Å². The van der Waals surface area contributed by atoms with E-state index in [9.17, 15) is 13.2 Å². The molecule has 1 aromatic rings. The van der Waals surface area contributed by atoms with Gasteiger partial charge >= 0.3 is 6.18 Å². The van der Waals surface area contributed by atoms with Gasteiger partial charge in [0.2, 0.25) is 5.82 Å². The molecule has 0 aromatic carbocycles. The second-order valence-electron chi connectivity index (χ2n) is 5.26. The first-order valence-electron chi connectivity index (χ1n) is 6.72. The zero-order valence-corrected chi connectivity index (χ0v) is 13.9. The molecular weight excluding hydrogens is 340 g/mol. The maximum atomic E-state index is 12.5. The first-order valence-corrected chi connectivity index (χ1v) is 6.72. The van der Waals surface area contributed by atoms with Gasteiger partial charge in [0, 0.05) is 24.0 Å². The molecule has 22 heavy (non-hydrogen) atoms. The van der Waals surface area contributed by atoms with E-state index in [0.717, 1.165) is 31.5 Å². The van der Waals surface area contributed by atoms with Crippen LogP contribution in [-0.2, 0) is 12.7 Å². The number of nitrogens with zero attached hydrogens (tertiary/aromatic N) is 3. The molecule has 0 amide bonds. The zero-order chi connectivity index (χ0) is 14.8. The normalized spacial score (nSPS) is 16.8. The lowest BCUT2D eigenvalue weighted by Crippen LogP contribution is -2.35. The third kappa shape index (κ3) is 5.53. The molecule has 0 unspecified atom stereocenters. The number of aryl methyl sites for hydroxylation is 1. The summed E-state index contributed by atoms with van der Waals surface area (Å²) in [7, 11) is 0. The Balaban J connectivity index is 0.00000220. The molecule has 0 saturated carbocycles. The Morgan fingerprint density at radius 2 is 1.86 bits per heavy atom. The number of nitrogens with two attached hydrogens (primary N) is 1. The van der Waals surface area contributed by atoms with E-state index in [0.29, 0.717) is 24.7 Å². The summed E-state index contributed by atoms with van der Waals surface area (Å²) in [6, 6.07) is 0. The van der Waals surface area contributed by atoms with Crippen LogP contribution in [0.4, 0.5) is 13.2 Å². The lowest BCUT2D eigenvalue weighted by molar-refractivity contribution is -0.145. The number of aromatic nitrogens is 2. The summed E-state index contributed by atoms with van der Waals surface area (Å²) >= 11 is 0. The van der Waals surface area contributed by atoms with Gasteiger partial charge in [-0.05, 0) is 45.3 Å². The summed E-state index contributed by atoms with van der Waals surface area (Å²) in [5.74, 6) is -0.503. The number of rotatable bonds is 3. The predicted octanol–water partition coefficient (Wildman–Crippen LogP) is 2.82. The summed E-state index contributed by atoms with van der Waals surface area (Å²) in [5, 5.41) is 0. The summed E-state index contributed by atoms with van der Waals surface area (Å²) in [6.45, 7) is 4.74. The molecule has 0 aliphatic carbocycles. The average Bonchev–Trinajstić information content (AvgIpc) is 2.41. The van der Waals surface area contributed by atoms with Crippen molar-refractivity contribution in [1.29, 1.82) is 0 Å². The molecule has 1 fully saturated rings. The summed E-state index contributed by atoms with van der Waals surface area (Å²) in [4.78, 5) is 9.20. The van der Waals surface area contributed by atoms with Crippen LogP contribution in [0.1, 0.15) is 29.9 Å². The van der Waals surface area contributed by atoms with E-state index >= 15 is 0 Å². The number of halogens is 5. The van der Waals surface area contributed by atoms with Gasteiger partial charge in [-0.25, -0.2) is 9.97 Å². The Morgan fingerprint density at radius 3 is 2.32 bits per heavy atom. The predicted molar refractivity (Wildman–Crippen MR) is 83.3 cm³/mol. The Hall–Kier alpha value is -0.630. The molecule has 2 N–H and O–H groups in total. The van der Waals surface area contributed by atoms with Crippen LogP contribution in [0.5, 0.6) is 0 Å². The van der Waals surface area contributed by atoms with Crippen LogP contribution in [-0.4, -0.2) is 34.5 Å². The molecule has 0 spiro atoms. The number of likely N-dealkylation sites (tertiary alicyclic amines) is 1. The minimum absolute atomic E-state index is 0. The van der Waals surface area contributed by atoms with Crippen molar-refractivity contribution < 1.29 is 13.2 Å². The van der Waals surface area contributed by atoms with Gasteiger partial charge in [-0.1, -0.05) is 0 Å². The summed E-state index contributed by atoms with van der Waals surface area (Å²) in [6.07, 6.45) is -1.11. The van der Waals surface area contributed by atoms with Crippen LogP contribution in [0, 0.1) is 12.8 Å². The van der Waals surface area contributed by atoms with Crippen molar-refractivity contribution in [3.63, 3.8) is 0 Å². The van der Waals surface area contributed by atoms with E-state index in [1.165, 1.54) is 6.20 Å². The molecule has 1 aliphatic rings. The van der Waals surface area contributed by atoms with Gasteiger partial charge in [0.05, 0.1) is 0 Å². The Kier molecular flexibility index (Phi) is 8.61. The number of hydrogen-bond donors (Lipinski definition) is 1. The minimum atomic E-state index is -4.48. The molecular formula is C13H21Cl2F3N4. The van der Waals surface area contributed by atoms with Crippen molar-refractivity contribution in [2.24, 2.45) is 11.7 Å². The first kappa shape index (κ1) is 21.4. The van der Waals surface area contributed by atoms with Crippen molar-refractivity contribution in [3.05, 3.63) is 23.3 Å². The van der Waals surface area contributed by atoms with E-state index in [-0.39, 0.29) is 24.8 Å². The highest BCUT2D eigenvalue weighted by atomic mass is 35.5. The standard InChI is InChI=1S/C13H19F3N4.2ClH/c1-9-11(7-18-12(19-9)13(14,15)16)8-20-4-2-10(6-17)3-5-20;;/h7,10H,2-6,8,17H2,1H3;2*1H. The molecule has 1 saturated heterocycles. The average molecular weight is 361 g/mol. The quantitative estimate of drug-likeness (QED) is 0.900. The van der Waals surface area contributed by atoms with Crippen molar-refractivity contribution in [2.75, 3.05) is 19.6 Å². The second kappa shape index (κ2) is 8.86. The highest BCUT2D eigenvalue weighted by Crippen LogP contribution is 2.26. The maximum Gasteiger partial charge on any atom is 0.451 e. The smallest absolute Gasteiger partial charge is 0.330 e. The third-order valence-corrected chi connectivity index (χ3v) is 3.77. The number of piperidine rings is 1. The first-order chi connectivity index (χ1) is 9.40. The van der Waals surface area contributed by atoms with Crippen LogP contribution < -0.4 is 5.73 Å². The number of alkyl halides is 3. The zero-order valence-electron chi connectivity index (χ0n) is 12.3. The molecule has 9 heteroatoms. The molecule has 2 heterocycles. The van der Waals surface area contributed by atoms with Gasteiger partial charge in [-0.3, -0.25) is 4.90 Å². The monoisotopic (exact) mass is 360 g/mol. The molecule has 0 radical (unpaired) electrons. The fraction of sp³-hybridized carbons (Fsp3) is 0.692. The van der Waals surface area contributed by atoms with Crippen LogP contribution in [0.15, 0.2) is 6.20 Å². The Labute approximate surface area is 140 Å². The molecule has 1 aliphatic heterocycles. The molecule has 4 nitrogen and oxygen atoms in total. The van der Waals surface area contributed by atoms with E-state index in [1.807, 2.05) is 0 Å². The van der Waals surface area contributed by atoms with Gasteiger partial charge in [0.25, 0.3) is 0 Å². The van der Waals surface area contributed by atoms with Gasteiger partial charge in [-0.2, -0.15) is 13.2 Å². The van der Waals surface area contributed by atoms with E-state index < -0.39 is 12.0 Å². The summed E-state index contributed by atoms with van der Waals surface area (Å²) < 4.78 is 37.5. The topological polar surface area (TPSA) is 55.0 Å². The van der Waals surface area contributed by atoms with Crippen molar-refractivity contribution >= 4 is 24.8 Å². The molecule has 1 aromatic heterocycles.